The summed E-state index contributed by atoms with van der Waals surface area (Å²) in [7, 11) is 1.63. The van der Waals surface area contributed by atoms with Crippen molar-refractivity contribution in [1.82, 2.24) is 19.5 Å². The van der Waals surface area contributed by atoms with E-state index in [1.807, 2.05) is 0 Å². The van der Waals surface area contributed by atoms with Gasteiger partial charge >= 0.3 is 11.9 Å². The smallest absolute Gasteiger partial charge is 0.323 e. The van der Waals surface area contributed by atoms with Crippen molar-refractivity contribution in [2.24, 2.45) is 11.7 Å². The van der Waals surface area contributed by atoms with Crippen molar-refractivity contribution in [3.05, 3.63) is 6.33 Å². The van der Waals surface area contributed by atoms with Crippen molar-refractivity contribution >= 4 is 34.9 Å². The van der Waals surface area contributed by atoms with Crippen LogP contribution in [0.4, 0.5) is 16.2 Å². The van der Waals surface area contributed by atoms with Crippen LogP contribution in [0.1, 0.15) is 33.9 Å². The molecule has 2 aromatic rings. The molecule has 1 saturated heterocycles. The van der Waals surface area contributed by atoms with Gasteiger partial charge < -0.3 is 31.0 Å². The first-order chi connectivity index (χ1) is 15.0. The number of nitrogens with zero attached hydrogens (tertiary/aromatic N) is 4. The minimum Gasteiger partial charge on any atom is -0.462 e. The number of imidazole rings is 1. The highest BCUT2D eigenvalue weighted by Gasteiger charge is 2.58. The van der Waals surface area contributed by atoms with E-state index in [9.17, 15) is 9.59 Å². The molecule has 32 heavy (non-hydrogen) atoms. The van der Waals surface area contributed by atoms with E-state index < -0.39 is 42.1 Å². The first kappa shape index (κ1) is 23.6. The molecule has 0 bridgehead atoms. The standard InChI is InChI=1S/C19H28FN7O5/c1-8(2)11(21)16(29)30-6-10-13(31-9(3)28)19(4,20)17(32-10)27-7-24-12-14(23-5)25-18(22)26-15(12)27/h7-8,10-11,13,17H,6,21H2,1-5H3,(H3,22,23,25,26)/t10-,11+,13-,17-,19-/m1/s1. The van der Waals surface area contributed by atoms with Crippen molar-refractivity contribution in [3.63, 3.8) is 0 Å². The summed E-state index contributed by atoms with van der Waals surface area (Å²) < 4.78 is 33.7. The quantitative estimate of drug-likeness (QED) is 0.500. The number of nitrogens with one attached hydrogen (secondary N) is 1. The summed E-state index contributed by atoms with van der Waals surface area (Å²) in [6, 6.07) is -0.853. The first-order valence-corrected chi connectivity index (χ1v) is 10.1. The highest BCUT2D eigenvalue weighted by Crippen LogP contribution is 2.44. The number of nitrogen functional groups attached to an aromatic ring is 1. The van der Waals surface area contributed by atoms with Gasteiger partial charge in [0.05, 0.1) is 6.33 Å². The van der Waals surface area contributed by atoms with Gasteiger partial charge in [0, 0.05) is 14.0 Å². The third kappa shape index (κ3) is 4.30. The summed E-state index contributed by atoms with van der Waals surface area (Å²) in [4.78, 5) is 36.3. The van der Waals surface area contributed by atoms with Gasteiger partial charge in [0.25, 0.3) is 0 Å². The number of anilines is 2. The van der Waals surface area contributed by atoms with Crippen molar-refractivity contribution in [2.45, 2.75) is 57.8 Å². The molecule has 0 unspecified atom stereocenters. The van der Waals surface area contributed by atoms with Gasteiger partial charge in [-0.3, -0.25) is 14.2 Å². The van der Waals surface area contributed by atoms with E-state index in [0.29, 0.717) is 11.3 Å². The monoisotopic (exact) mass is 453 g/mol. The maximum absolute atomic E-state index is 16.0. The van der Waals surface area contributed by atoms with Gasteiger partial charge in [-0.05, 0) is 12.8 Å². The lowest BCUT2D eigenvalue weighted by Gasteiger charge is -2.27. The van der Waals surface area contributed by atoms with Gasteiger partial charge in [-0.2, -0.15) is 9.97 Å². The van der Waals surface area contributed by atoms with E-state index in [4.69, 9.17) is 25.7 Å². The topological polar surface area (TPSA) is 170 Å². The number of aromatic nitrogens is 4. The number of alkyl halides is 1. The Morgan fingerprint density at radius 3 is 2.69 bits per heavy atom. The number of esters is 2. The number of hydrogen-bond acceptors (Lipinski definition) is 11. The van der Waals surface area contributed by atoms with Crippen molar-refractivity contribution in [1.29, 1.82) is 0 Å². The van der Waals surface area contributed by atoms with Crippen LogP contribution in [0.3, 0.4) is 0 Å². The number of nitrogens with two attached hydrogens (primary N) is 2. The molecule has 0 saturated carbocycles. The van der Waals surface area contributed by atoms with E-state index >= 15 is 4.39 Å². The molecule has 176 valence electrons. The van der Waals surface area contributed by atoms with Crippen LogP contribution in [0.25, 0.3) is 11.2 Å². The number of carbonyl (C=O) groups excluding carboxylic acids is 2. The molecule has 3 heterocycles. The summed E-state index contributed by atoms with van der Waals surface area (Å²) in [5, 5.41) is 2.85. The van der Waals surface area contributed by atoms with E-state index in [0.717, 1.165) is 6.92 Å². The second kappa shape index (κ2) is 8.82. The van der Waals surface area contributed by atoms with Crippen molar-refractivity contribution < 1.29 is 28.2 Å². The predicted molar refractivity (Wildman–Crippen MR) is 112 cm³/mol. The normalized spacial score (nSPS) is 26.3. The lowest BCUT2D eigenvalue weighted by atomic mass is 9.98. The molecule has 0 spiro atoms. The highest BCUT2D eigenvalue weighted by atomic mass is 19.1. The van der Waals surface area contributed by atoms with Gasteiger partial charge in [-0.1, -0.05) is 13.8 Å². The summed E-state index contributed by atoms with van der Waals surface area (Å²) in [6.07, 6.45) is -2.44. The Balaban J connectivity index is 1.94. The zero-order chi connectivity index (χ0) is 23.8. The van der Waals surface area contributed by atoms with Crippen LogP contribution >= 0.6 is 0 Å². The summed E-state index contributed by atoms with van der Waals surface area (Å²) in [5.41, 5.74) is 9.92. The SMILES string of the molecule is CNc1nc(N)nc2c1ncn2[C@@H]1O[C@H](COC(=O)[C@@H](N)C(C)C)[C@@H](OC(C)=O)[C@@]1(C)F. The minimum atomic E-state index is -2.23. The third-order valence-corrected chi connectivity index (χ3v) is 5.28. The van der Waals surface area contributed by atoms with Crippen LogP contribution in [0, 0.1) is 5.92 Å². The lowest BCUT2D eigenvalue weighted by molar-refractivity contribution is -0.160. The molecule has 13 heteroatoms. The van der Waals surface area contributed by atoms with Crippen LogP contribution in [-0.4, -0.2) is 69.0 Å². The molecule has 1 aliphatic heterocycles. The van der Waals surface area contributed by atoms with E-state index in [-0.39, 0.29) is 24.1 Å². The zero-order valence-electron chi connectivity index (χ0n) is 18.5. The van der Waals surface area contributed by atoms with Crippen LogP contribution in [0.15, 0.2) is 6.33 Å². The van der Waals surface area contributed by atoms with Crippen LogP contribution in [-0.2, 0) is 23.8 Å². The van der Waals surface area contributed by atoms with Gasteiger partial charge in [-0.15, -0.1) is 0 Å². The van der Waals surface area contributed by atoms with Crippen LogP contribution in [0.2, 0.25) is 0 Å². The maximum Gasteiger partial charge on any atom is 0.323 e. The second-order valence-corrected chi connectivity index (χ2v) is 8.11. The molecule has 3 rings (SSSR count). The Kier molecular flexibility index (Phi) is 6.51. The van der Waals surface area contributed by atoms with E-state index in [1.54, 1.807) is 20.9 Å². The number of carbonyl (C=O) groups is 2. The third-order valence-electron chi connectivity index (χ3n) is 5.28. The van der Waals surface area contributed by atoms with Gasteiger partial charge in [-0.25, -0.2) is 9.37 Å². The summed E-state index contributed by atoms with van der Waals surface area (Å²) in [6.45, 7) is 5.55. The van der Waals surface area contributed by atoms with E-state index in [2.05, 4.69) is 20.3 Å². The first-order valence-electron chi connectivity index (χ1n) is 10.1. The molecule has 0 aromatic carbocycles. The summed E-state index contributed by atoms with van der Waals surface area (Å²) in [5.74, 6) is -1.22. The van der Waals surface area contributed by atoms with Crippen LogP contribution in [0.5, 0.6) is 0 Å². The number of fused-ring (bicyclic) bond motifs is 1. The van der Waals surface area contributed by atoms with Gasteiger partial charge in [0.2, 0.25) is 5.95 Å². The molecule has 5 N–H and O–H groups in total. The minimum absolute atomic E-state index is 0.0492. The fraction of sp³-hybridized carbons (Fsp3) is 0.632. The number of halogens is 1. The molecule has 2 aromatic heterocycles. The Bertz CT molecular complexity index is 1010. The van der Waals surface area contributed by atoms with Crippen LogP contribution < -0.4 is 16.8 Å². The molecule has 12 nitrogen and oxygen atoms in total. The number of hydrogen-bond donors (Lipinski definition) is 3. The highest BCUT2D eigenvalue weighted by molar-refractivity contribution is 5.84. The molecule has 0 radical (unpaired) electrons. The number of ether oxygens (including phenoxy) is 3. The maximum atomic E-state index is 16.0. The molecule has 0 amide bonds. The van der Waals surface area contributed by atoms with Crippen molar-refractivity contribution in [2.75, 3.05) is 24.7 Å². The van der Waals surface area contributed by atoms with E-state index in [1.165, 1.54) is 17.8 Å². The van der Waals surface area contributed by atoms with Gasteiger partial charge in [0.1, 0.15) is 18.8 Å². The zero-order valence-corrected chi connectivity index (χ0v) is 18.5. The molecule has 0 aliphatic carbocycles. The molecule has 1 fully saturated rings. The molecular weight excluding hydrogens is 425 g/mol. The largest absolute Gasteiger partial charge is 0.462 e. The Morgan fingerprint density at radius 2 is 2.09 bits per heavy atom. The molecule has 5 atom stereocenters. The molecule has 1 aliphatic rings. The lowest BCUT2D eigenvalue weighted by Crippen LogP contribution is -2.45. The predicted octanol–water partition coefficient (Wildman–Crippen LogP) is 0.534. The average Bonchev–Trinajstić information content (AvgIpc) is 3.23. The second-order valence-electron chi connectivity index (χ2n) is 8.11. The average molecular weight is 453 g/mol. The number of rotatable bonds is 7. The molecular formula is C19H28FN7O5. The Morgan fingerprint density at radius 1 is 1.41 bits per heavy atom. The Labute approximate surface area is 183 Å². The fourth-order valence-corrected chi connectivity index (χ4v) is 3.52. The summed E-state index contributed by atoms with van der Waals surface area (Å²) >= 11 is 0. The van der Waals surface area contributed by atoms with Crippen molar-refractivity contribution in [3.8, 4) is 0 Å². The van der Waals surface area contributed by atoms with Gasteiger partial charge in [0.15, 0.2) is 35.0 Å². The Hall–Kier alpha value is -3.06. The fourth-order valence-electron chi connectivity index (χ4n) is 3.52.